The Bertz CT molecular complexity index is 712. The fourth-order valence-corrected chi connectivity index (χ4v) is 2.79. The second kappa shape index (κ2) is 7.01. The molecule has 3 heteroatoms. The van der Waals surface area contributed by atoms with E-state index in [-0.39, 0.29) is 17.8 Å². The van der Waals surface area contributed by atoms with Crippen molar-refractivity contribution in [1.29, 1.82) is 0 Å². The van der Waals surface area contributed by atoms with E-state index in [9.17, 15) is 0 Å². The number of anilines is 1. The summed E-state index contributed by atoms with van der Waals surface area (Å²) in [5, 5.41) is 0. The molecule has 0 bridgehead atoms. The minimum atomic E-state index is 0. The smallest absolute Gasteiger partial charge is 0.0446 e. The maximum Gasteiger partial charge on any atom is 0.0446 e. The van der Waals surface area contributed by atoms with Gasteiger partial charge in [0.05, 0.1) is 0 Å². The molecular weight excluding hydrogens is 304 g/mol. The fourth-order valence-electron chi connectivity index (χ4n) is 2.79. The van der Waals surface area contributed by atoms with Gasteiger partial charge in [0.1, 0.15) is 0 Å². The molecule has 1 aliphatic rings. The van der Waals surface area contributed by atoms with Gasteiger partial charge < -0.3 is 4.90 Å². The molecule has 0 atom stereocenters. The molecule has 2 heterocycles. The second-order valence-electron chi connectivity index (χ2n) is 6.63. The Morgan fingerprint density at radius 3 is 2.30 bits per heavy atom. The quantitative estimate of drug-likeness (QED) is 0.752. The van der Waals surface area contributed by atoms with Gasteiger partial charge in [-0.05, 0) is 46.4 Å². The molecule has 1 aromatic carbocycles. The third-order valence-corrected chi connectivity index (χ3v) is 3.98. The summed E-state index contributed by atoms with van der Waals surface area (Å²) in [4.78, 5) is 6.39. The van der Waals surface area contributed by atoms with Crippen LogP contribution in [0.15, 0.2) is 67.1 Å². The lowest BCUT2D eigenvalue weighted by Gasteiger charge is -2.30. The number of hydrogen-bond donors (Lipinski definition) is 0. The molecule has 120 valence electrons. The third-order valence-electron chi connectivity index (χ3n) is 3.98. The lowest BCUT2D eigenvalue weighted by molar-refractivity contribution is 0.590. The Kier molecular flexibility index (Phi) is 5.27. The van der Waals surface area contributed by atoms with Crippen molar-refractivity contribution in [3.05, 3.63) is 78.3 Å². The first-order chi connectivity index (χ1) is 10.6. The predicted octanol–water partition coefficient (Wildman–Crippen LogP) is 5.22. The molecule has 0 aliphatic carbocycles. The van der Waals surface area contributed by atoms with Crippen molar-refractivity contribution in [2.45, 2.75) is 26.2 Å². The van der Waals surface area contributed by atoms with Gasteiger partial charge in [-0.2, -0.15) is 0 Å². The van der Waals surface area contributed by atoms with Crippen LogP contribution in [-0.4, -0.2) is 11.5 Å². The van der Waals surface area contributed by atoms with Crippen molar-refractivity contribution in [1.82, 2.24) is 4.98 Å². The number of benzene rings is 1. The molecule has 3 rings (SSSR count). The average Bonchev–Trinajstić information content (AvgIpc) is 2.55. The average molecular weight is 327 g/mol. The molecule has 0 saturated heterocycles. The van der Waals surface area contributed by atoms with Crippen molar-refractivity contribution in [3.63, 3.8) is 0 Å². The maximum atomic E-state index is 4.08. The molecule has 0 unspecified atom stereocenters. The fraction of sp³-hybridized carbons (Fsp3) is 0.250. The SMILES string of the molecule is CC(C)(C)c1ccccc1N1C=CC(c2ccncc2)=CC1.Cl. The Hall–Kier alpha value is -2.06. The zero-order valence-corrected chi connectivity index (χ0v) is 14.7. The molecule has 2 nitrogen and oxygen atoms in total. The van der Waals surface area contributed by atoms with E-state index in [4.69, 9.17) is 0 Å². The number of halogens is 1. The van der Waals surface area contributed by atoms with Gasteiger partial charge in [-0.1, -0.05) is 45.0 Å². The van der Waals surface area contributed by atoms with Gasteiger partial charge in [0, 0.05) is 30.8 Å². The molecule has 0 N–H and O–H groups in total. The summed E-state index contributed by atoms with van der Waals surface area (Å²) in [7, 11) is 0. The van der Waals surface area contributed by atoms with E-state index in [1.54, 1.807) is 0 Å². The molecule has 0 fully saturated rings. The van der Waals surface area contributed by atoms with Crippen LogP contribution in [0.5, 0.6) is 0 Å². The Morgan fingerprint density at radius 2 is 1.70 bits per heavy atom. The molecule has 0 radical (unpaired) electrons. The number of rotatable bonds is 2. The van der Waals surface area contributed by atoms with E-state index < -0.39 is 0 Å². The van der Waals surface area contributed by atoms with Crippen molar-refractivity contribution < 1.29 is 0 Å². The zero-order chi connectivity index (χ0) is 15.6. The van der Waals surface area contributed by atoms with E-state index in [2.05, 4.69) is 85.4 Å². The number of para-hydroxylation sites is 1. The molecule has 2 aromatic rings. The molecular formula is C20H23ClN2. The van der Waals surface area contributed by atoms with Crippen LogP contribution in [0.1, 0.15) is 31.9 Å². The molecule has 0 saturated carbocycles. The number of pyridine rings is 1. The van der Waals surface area contributed by atoms with Crippen LogP contribution < -0.4 is 4.90 Å². The van der Waals surface area contributed by atoms with Gasteiger partial charge in [-0.25, -0.2) is 0 Å². The van der Waals surface area contributed by atoms with Gasteiger partial charge in [-0.15, -0.1) is 12.4 Å². The highest BCUT2D eigenvalue weighted by molar-refractivity contribution is 5.85. The maximum absolute atomic E-state index is 4.08. The lowest BCUT2D eigenvalue weighted by atomic mass is 9.85. The number of aromatic nitrogens is 1. The standard InChI is InChI=1S/C20H22N2.ClH/c1-20(2,3)18-6-4-5-7-19(18)22-14-10-17(11-15-22)16-8-12-21-13-9-16;/h4-14H,15H2,1-3H3;1H. The van der Waals surface area contributed by atoms with Gasteiger partial charge >= 0.3 is 0 Å². The van der Waals surface area contributed by atoms with Crippen molar-refractivity contribution in [2.24, 2.45) is 0 Å². The van der Waals surface area contributed by atoms with E-state index in [1.807, 2.05) is 12.4 Å². The summed E-state index contributed by atoms with van der Waals surface area (Å²) in [6, 6.07) is 12.8. The molecule has 0 spiro atoms. The van der Waals surface area contributed by atoms with Gasteiger partial charge in [0.25, 0.3) is 0 Å². The van der Waals surface area contributed by atoms with Crippen LogP contribution in [0.25, 0.3) is 5.57 Å². The summed E-state index contributed by atoms with van der Waals surface area (Å²) in [6.07, 6.45) is 10.3. The van der Waals surface area contributed by atoms with Crippen LogP contribution in [0.4, 0.5) is 5.69 Å². The first-order valence-corrected chi connectivity index (χ1v) is 7.70. The minimum absolute atomic E-state index is 0. The van der Waals surface area contributed by atoms with E-state index in [0.29, 0.717) is 0 Å². The summed E-state index contributed by atoms with van der Waals surface area (Å²) in [6.45, 7) is 7.68. The van der Waals surface area contributed by atoms with Crippen molar-refractivity contribution in [2.75, 3.05) is 11.4 Å². The Morgan fingerprint density at radius 1 is 1.00 bits per heavy atom. The van der Waals surface area contributed by atoms with Crippen molar-refractivity contribution in [3.8, 4) is 0 Å². The summed E-state index contributed by atoms with van der Waals surface area (Å²) < 4.78 is 0. The lowest BCUT2D eigenvalue weighted by Crippen LogP contribution is -2.23. The summed E-state index contributed by atoms with van der Waals surface area (Å²) >= 11 is 0. The highest BCUT2D eigenvalue weighted by Gasteiger charge is 2.20. The summed E-state index contributed by atoms with van der Waals surface area (Å²) in [5.74, 6) is 0. The largest absolute Gasteiger partial charge is 0.344 e. The first kappa shape index (κ1) is 17.3. The molecule has 1 aromatic heterocycles. The normalized spacial score (nSPS) is 14.2. The summed E-state index contributed by atoms with van der Waals surface area (Å²) in [5.41, 5.74) is 5.28. The Balaban J connectivity index is 0.00000192. The number of nitrogens with zero attached hydrogens (tertiary/aromatic N) is 2. The number of hydrogen-bond acceptors (Lipinski definition) is 2. The zero-order valence-electron chi connectivity index (χ0n) is 13.9. The predicted molar refractivity (Wildman–Crippen MR) is 101 cm³/mol. The van der Waals surface area contributed by atoms with Crippen LogP contribution in [0.3, 0.4) is 0 Å². The van der Waals surface area contributed by atoms with Crippen LogP contribution >= 0.6 is 12.4 Å². The molecule has 0 amide bonds. The molecule has 1 aliphatic heterocycles. The first-order valence-electron chi connectivity index (χ1n) is 7.70. The minimum Gasteiger partial charge on any atom is -0.344 e. The monoisotopic (exact) mass is 326 g/mol. The third kappa shape index (κ3) is 3.83. The van der Waals surface area contributed by atoms with Gasteiger partial charge in [-0.3, -0.25) is 4.98 Å². The van der Waals surface area contributed by atoms with E-state index in [0.717, 1.165) is 6.54 Å². The van der Waals surface area contributed by atoms with Crippen LogP contribution in [0, 0.1) is 0 Å². The van der Waals surface area contributed by atoms with Gasteiger partial charge in [0.15, 0.2) is 0 Å². The van der Waals surface area contributed by atoms with Crippen molar-refractivity contribution >= 4 is 23.7 Å². The topological polar surface area (TPSA) is 16.1 Å². The Labute approximate surface area is 145 Å². The molecule has 23 heavy (non-hydrogen) atoms. The number of allylic oxidation sites excluding steroid dienone is 2. The van der Waals surface area contributed by atoms with Gasteiger partial charge in [0.2, 0.25) is 0 Å². The van der Waals surface area contributed by atoms with Crippen LogP contribution in [-0.2, 0) is 5.41 Å². The van der Waals surface area contributed by atoms with E-state index >= 15 is 0 Å². The highest BCUT2D eigenvalue weighted by Crippen LogP contribution is 2.33. The highest BCUT2D eigenvalue weighted by atomic mass is 35.5. The second-order valence-corrected chi connectivity index (χ2v) is 6.63. The van der Waals surface area contributed by atoms with E-state index in [1.165, 1.54) is 22.4 Å². The van der Waals surface area contributed by atoms with Crippen LogP contribution in [0.2, 0.25) is 0 Å².